The second-order valence-electron chi connectivity index (χ2n) is 16.2. The molecule has 0 radical (unpaired) electrons. The molecule has 1 atom stereocenters. The van der Waals surface area contributed by atoms with Crippen LogP contribution in [0.2, 0.25) is 0 Å². The van der Waals surface area contributed by atoms with E-state index in [1.807, 2.05) is 91.1 Å². The van der Waals surface area contributed by atoms with Crippen molar-refractivity contribution in [3.8, 4) is 0 Å². The Balaban J connectivity index is 4.64. The number of carbonyl (C=O) groups is 3. The molecule has 0 amide bonds. The molecule has 0 bridgehead atoms. The summed E-state index contributed by atoms with van der Waals surface area (Å²) in [6.45, 7) is 6.14. The van der Waals surface area contributed by atoms with Crippen LogP contribution in [0.1, 0.15) is 168 Å². The van der Waals surface area contributed by atoms with Crippen molar-refractivity contribution in [1.82, 2.24) is 0 Å². The summed E-state index contributed by atoms with van der Waals surface area (Å²) in [7, 11) is 0. The van der Waals surface area contributed by atoms with Gasteiger partial charge in [0.2, 0.25) is 0 Å². The third-order valence-electron chi connectivity index (χ3n) is 9.86. The summed E-state index contributed by atoms with van der Waals surface area (Å²) in [6, 6.07) is 0. The second-order valence-corrected chi connectivity index (χ2v) is 16.2. The van der Waals surface area contributed by atoms with E-state index in [4.69, 9.17) is 14.2 Å². The standard InChI is InChI=1S/C62H90O6/c1-4-7-10-13-16-19-22-25-27-29-31-33-34-37-40-43-46-49-52-55-61(64)67-58-59(57-66-60(63)54-51-48-45-42-39-36-24-21-18-15-12-9-6-3)68-62(65)56-53-50-47-44-41-38-35-32-30-28-26-23-20-17-14-11-8-5-2/h7,9-12,14-21,23-28,30-33,35-37,39-40,42,45,59H,4-6,8,13,22,29,34,38,41,43-44,46-58H2,1-3H3/b10-7+,12-9+,14-11+,18-15+,19-16+,20-17+,24-21+,26-23+,27-25+,30-28+,33-31+,35-32+,39-36+,40-37+,45-42+. The molecule has 1 unspecified atom stereocenters. The van der Waals surface area contributed by atoms with Crippen molar-refractivity contribution in [3.63, 3.8) is 0 Å². The molecule has 0 spiro atoms. The van der Waals surface area contributed by atoms with E-state index in [1.165, 1.54) is 6.42 Å². The lowest BCUT2D eigenvalue weighted by Crippen LogP contribution is -2.30. The van der Waals surface area contributed by atoms with Gasteiger partial charge in [-0.2, -0.15) is 0 Å². The third-order valence-corrected chi connectivity index (χ3v) is 9.86. The van der Waals surface area contributed by atoms with Gasteiger partial charge in [-0.25, -0.2) is 0 Å². The lowest BCUT2D eigenvalue weighted by Gasteiger charge is -2.18. The topological polar surface area (TPSA) is 78.9 Å². The van der Waals surface area contributed by atoms with Crippen molar-refractivity contribution < 1.29 is 28.6 Å². The molecule has 6 nitrogen and oxygen atoms in total. The van der Waals surface area contributed by atoms with Gasteiger partial charge in [-0.15, -0.1) is 0 Å². The molecule has 0 aromatic carbocycles. The Hall–Kier alpha value is -5.49. The van der Waals surface area contributed by atoms with Crippen molar-refractivity contribution >= 4 is 17.9 Å². The molecule has 0 saturated heterocycles. The monoisotopic (exact) mass is 931 g/mol. The molecule has 374 valence electrons. The van der Waals surface area contributed by atoms with E-state index in [0.29, 0.717) is 12.8 Å². The molecule has 0 aromatic heterocycles. The van der Waals surface area contributed by atoms with Crippen LogP contribution in [0.5, 0.6) is 0 Å². The second kappa shape index (κ2) is 54.1. The Morgan fingerprint density at radius 3 is 1.15 bits per heavy atom. The molecule has 6 heteroatoms. The molecule has 0 aromatic rings. The third kappa shape index (κ3) is 51.5. The maximum absolute atomic E-state index is 12.8. The van der Waals surface area contributed by atoms with Crippen LogP contribution in [0.15, 0.2) is 182 Å². The number of hydrogen-bond acceptors (Lipinski definition) is 6. The van der Waals surface area contributed by atoms with Gasteiger partial charge in [0.05, 0.1) is 0 Å². The molecular weight excluding hydrogens is 841 g/mol. The van der Waals surface area contributed by atoms with Crippen LogP contribution in [0.25, 0.3) is 0 Å². The maximum atomic E-state index is 12.8. The van der Waals surface area contributed by atoms with E-state index in [2.05, 4.69) is 112 Å². The Labute approximate surface area is 414 Å². The number of ether oxygens (including phenoxy) is 3. The number of esters is 3. The van der Waals surface area contributed by atoms with Crippen LogP contribution in [0.3, 0.4) is 0 Å². The summed E-state index contributed by atoms with van der Waals surface area (Å²) in [5.41, 5.74) is 0. The normalized spacial score (nSPS) is 13.6. The first-order valence-corrected chi connectivity index (χ1v) is 25.9. The van der Waals surface area contributed by atoms with E-state index in [-0.39, 0.29) is 50.4 Å². The van der Waals surface area contributed by atoms with Crippen molar-refractivity contribution in [2.24, 2.45) is 0 Å². The smallest absolute Gasteiger partial charge is 0.306 e. The van der Waals surface area contributed by atoms with Gasteiger partial charge in [0, 0.05) is 19.3 Å². The maximum Gasteiger partial charge on any atom is 0.306 e. The fourth-order valence-electron chi connectivity index (χ4n) is 6.06. The fourth-order valence-corrected chi connectivity index (χ4v) is 6.06. The highest BCUT2D eigenvalue weighted by atomic mass is 16.6. The quantitative estimate of drug-likeness (QED) is 0.0199. The van der Waals surface area contributed by atoms with Gasteiger partial charge >= 0.3 is 17.9 Å². The highest BCUT2D eigenvalue weighted by Gasteiger charge is 2.19. The van der Waals surface area contributed by atoms with Gasteiger partial charge in [-0.3, -0.25) is 14.4 Å². The summed E-state index contributed by atoms with van der Waals surface area (Å²) in [5, 5.41) is 0. The average Bonchev–Trinajstić information content (AvgIpc) is 3.34. The zero-order valence-corrected chi connectivity index (χ0v) is 42.5. The van der Waals surface area contributed by atoms with Gasteiger partial charge in [-0.05, 0) is 96.3 Å². The van der Waals surface area contributed by atoms with Crippen LogP contribution in [0, 0.1) is 0 Å². The van der Waals surface area contributed by atoms with E-state index >= 15 is 0 Å². The number of carbonyl (C=O) groups excluding carboxylic acids is 3. The van der Waals surface area contributed by atoms with Crippen LogP contribution in [-0.4, -0.2) is 37.2 Å². The van der Waals surface area contributed by atoms with Gasteiger partial charge < -0.3 is 14.2 Å². The van der Waals surface area contributed by atoms with E-state index in [1.54, 1.807) is 0 Å². The lowest BCUT2D eigenvalue weighted by molar-refractivity contribution is -0.167. The average molecular weight is 931 g/mol. The van der Waals surface area contributed by atoms with Crippen LogP contribution < -0.4 is 0 Å². The van der Waals surface area contributed by atoms with Crippen molar-refractivity contribution in [2.75, 3.05) is 13.2 Å². The number of rotatable bonds is 43. The Bertz CT molecular complexity index is 1680. The van der Waals surface area contributed by atoms with Gasteiger partial charge in [0.1, 0.15) is 13.2 Å². The summed E-state index contributed by atoms with van der Waals surface area (Å²) < 4.78 is 16.7. The lowest BCUT2D eigenvalue weighted by atomic mass is 10.1. The minimum absolute atomic E-state index is 0.139. The molecule has 0 fully saturated rings. The predicted octanol–water partition coefficient (Wildman–Crippen LogP) is 17.4. The van der Waals surface area contributed by atoms with Crippen molar-refractivity contribution in [2.45, 2.75) is 175 Å². The van der Waals surface area contributed by atoms with E-state index in [0.717, 1.165) is 109 Å². The van der Waals surface area contributed by atoms with E-state index in [9.17, 15) is 14.4 Å². The predicted molar refractivity (Wildman–Crippen MR) is 292 cm³/mol. The summed E-state index contributed by atoms with van der Waals surface area (Å²) >= 11 is 0. The minimum Gasteiger partial charge on any atom is -0.462 e. The number of hydrogen-bond donors (Lipinski definition) is 0. The molecule has 0 saturated carbocycles. The number of allylic oxidation sites excluding steroid dienone is 30. The molecule has 0 rings (SSSR count). The van der Waals surface area contributed by atoms with Crippen LogP contribution in [0.4, 0.5) is 0 Å². The zero-order chi connectivity index (χ0) is 49.3. The summed E-state index contributed by atoms with van der Waals surface area (Å²) in [4.78, 5) is 38.0. The summed E-state index contributed by atoms with van der Waals surface area (Å²) in [6.07, 6.45) is 81.6. The number of unbranched alkanes of at least 4 members (excludes halogenated alkanes) is 10. The highest BCUT2D eigenvalue weighted by Crippen LogP contribution is 2.11. The Morgan fingerprint density at radius 2 is 0.662 bits per heavy atom. The molecule has 0 aliphatic carbocycles. The summed E-state index contributed by atoms with van der Waals surface area (Å²) in [5.74, 6) is -1.09. The molecule has 0 N–H and O–H groups in total. The molecular formula is C62H90O6. The molecule has 0 aliphatic heterocycles. The zero-order valence-electron chi connectivity index (χ0n) is 42.5. The first-order valence-electron chi connectivity index (χ1n) is 25.9. The van der Waals surface area contributed by atoms with Gasteiger partial charge in [-0.1, -0.05) is 235 Å². The Morgan fingerprint density at radius 1 is 0.324 bits per heavy atom. The van der Waals surface area contributed by atoms with Crippen molar-refractivity contribution in [1.29, 1.82) is 0 Å². The minimum atomic E-state index is -0.846. The van der Waals surface area contributed by atoms with Gasteiger partial charge in [0.25, 0.3) is 0 Å². The SMILES string of the molecule is CC/C=C/C=C/C=C/C=C/C=C/CCCC(=O)OCC(COC(=O)CCCCC/C=C/C/C=C/C/C=C/C/C=C/C/C=C/CC)OC(=O)CCCCCCC/C=C/C=C/C=C/C=C/C=C/CCC. The molecule has 0 heterocycles. The van der Waals surface area contributed by atoms with Gasteiger partial charge in [0.15, 0.2) is 6.10 Å². The largest absolute Gasteiger partial charge is 0.462 e. The van der Waals surface area contributed by atoms with Crippen LogP contribution in [-0.2, 0) is 28.6 Å². The first-order chi connectivity index (χ1) is 33.5. The first kappa shape index (κ1) is 62.5. The van der Waals surface area contributed by atoms with Crippen molar-refractivity contribution in [3.05, 3.63) is 182 Å². The van der Waals surface area contributed by atoms with E-state index < -0.39 is 6.10 Å². The highest BCUT2D eigenvalue weighted by molar-refractivity contribution is 5.71. The molecule has 68 heavy (non-hydrogen) atoms. The molecule has 0 aliphatic rings. The fraction of sp³-hybridized carbons (Fsp3) is 0.468. The Kier molecular flexibility index (Phi) is 49.7. The van der Waals surface area contributed by atoms with Crippen LogP contribution >= 0.6 is 0 Å².